The molecule has 0 amide bonds. The van der Waals surface area contributed by atoms with Gasteiger partial charge < -0.3 is 0 Å². The summed E-state index contributed by atoms with van der Waals surface area (Å²) in [4.78, 5) is 0. The van der Waals surface area contributed by atoms with Crippen molar-refractivity contribution in [3.8, 4) is 44.5 Å². The zero-order chi connectivity index (χ0) is 50.5. The molecule has 0 radical (unpaired) electrons. The third-order valence-corrected chi connectivity index (χ3v) is 7.68. The second kappa shape index (κ2) is 10.9. The van der Waals surface area contributed by atoms with Gasteiger partial charge >= 0.3 is 0 Å². The van der Waals surface area contributed by atoms with Gasteiger partial charge in [0.05, 0.1) is 31.5 Å². The van der Waals surface area contributed by atoms with Crippen LogP contribution in [0.3, 0.4) is 0 Å². The molecule has 9 aromatic rings. The lowest BCUT2D eigenvalue weighted by Gasteiger charge is -2.20. The van der Waals surface area contributed by atoms with E-state index in [0.29, 0.717) is 10.8 Å². The topological polar surface area (TPSA) is 0 Å². The summed E-state index contributed by atoms with van der Waals surface area (Å²) < 4.78 is 207. The largest absolute Gasteiger partial charge is 0.0636 e. The molecule has 0 aliphatic rings. The molecule has 0 heteroatoms. The summed E-state index contributed by atoms with van der Waals surface area (Å²) in [7, 11) is 0. The van der Waals surface area contributed by atoms with Gasteiger partial charge in [0.1, 0.15) is 0 Å². The zero-order valence-electron chi connectivity index (χ0n) is 46.5. The van der Waals surface area contributed by atoms with E-state index in [2.05, 4.69) is 0 Å². The molecular formula is C46H30. The van der Waals surface area contributed by atoms with Crippen molar-refractivity contribution in [2.24, 2.45) is 0 Å². The van der Waals surface area contributed by atoms with Crippen molar-refractivity contribution in [1.82, 2.24) is 0 Å². The van der Waals surface area contributed by atoms with E-state index in [1.54, 1.807) is 42.5 Å². The summed E-state index contributed by atoms with van der Waals surface area (Å²) in [5, 5.41) is -1.65. The minimum Gasteiger partial charge on any atom is -0.0622 e. The molecule has 9 rings (SSSR count). The van der Waals surface area contributed by atoms with Crippen LogP contribution in [0.2, 0.25) is 0 Å². The summed E-state index contributed by atoms with van der Waals surface area (Å²) in [5.74, 6) is 0. The molecule has 9 aromatic carbocycles. The quantitative estimate of drug-likeness (QED) is 0.175. The predicted molar refractivity (Wildman–Crippen MR) is 198 cm³/mol. The van der Waals surface area contributed by atoms with Gasteiger partial charge in [0.2, 0.25) is 0 Å². The van der Waals surface area contributed by atoms with Gasteiger partial charge in [-0.3, -0.25) is 0 Å². The van der Waals surface area contributed by atoms with Gasteiger partial charge in [-0.2, -0.15) is 0 Å². The normalized spacial score (nSPS) is 18.5. The predicted octanol–water partition coefficient (Wildman–Crippen LogP) is 13.0. The highest BCUT2D eigenvalue weighted by atomic mass is 14.2. The second-order valence-corrected chi connectivity index (χ2v) is 10.3. The standard InChI is InChI=1S/C46H30/c1-2-11-31(12-3-1)38-27-28-43-44(30-38)46(40-20-10-16-34-14-6-7-17-39(34)40)42-19-9-8-18-41(42)45(43)35-24-21-33(22-25-35)37-26-23-32-13-4-5-15-36(32)29-37/h1-30H/i1D,2D,3D,4D,5D,8D,9D,11D,12D,13D,15D,18D,19D,21D,22D,23D,24D,25D,26D,27D,28D,29D,30D. The van der Waals surface area contributed by atoms with Gasteiger partial charge in [-0.1, -0.05) is 169 Å². The lowest BCUT2D eigenvalue weighted by molar-refractivity contribution is 1.62. The van der Waals surface area contributed by atoms with Crippen LogP contribution in [0.4, 0.5) is 0 Å². The van der Waals surface area contributed by atoms with Crippen LogP contribution in [0, 0.1) is 0 Å². The number of hydrogen-bond donors (Lipinski definition) is 0. The molecule has 0 unspecified atom stereocenters. The van der Waals surface area contributed by atoms with E-state index in [1.165, 1.54) is 0 Å². The fraction of sp³-hybridized carbons (Fsp3) is 0. The third-order valence-electron chi connectivity index (χ3n) is 7.68. The molecule has 0 nitrogen and oxygen atoms in total. The van der Waals surface area contributed by atoms with Crippen LogP contribution >= 0.6 is 0 Å². The summed E-state index contributed by atoms with van der Waals surface area (Å²) in [6.45, 7) is 0. The zero-order valence-corrected chi connectivity index (χ0v) is 23.5. The Morgan fingerprint density at radius 2 is 0.891 bits per heavy atom. The first-order chi connectivity index (χ1) is 32.4. The average Bonchev–Trinajstić information content (AvgIpc) is 3.33. The maximum atomic E-state index is 9.97. The number of benzene rings is 9. The first kappa shape index (κ1) is 12.1. The van der Waals surface area contributed by atoms with Crippen LogP contribution in [0.1, 0.15) is 31.5 Å². The fourth-order valence-corrected chi connectivity index (χ4v) is 5.65. The van der Waals surface area contributed by atoms with E-state index in [1.807, 2.05) is 0 Å². The second-order valence-electron chi connectivity index (χ2n) is 10.3. The highest BCUT2D eigenvalue weighted by Gasteiger charge is 2.19. The van der Waals surface area contributed by atoms with E-state index in [9.17, 15) is 12.3 Å². The Bertz CT molecular complexity index is 3810. The van der Waals surface area contributed by atoms with Crippen molar-refractivity contribution in [2.45, 2.75) is 0 Å². The summed E-state index contributed by atoms with van der Waals surface area (Å²) in [5.41, 5.74) is -3.92. The van der Waals surface area contributed by atoms with E-state index in [0.717, 1.165) is 0 Å². The fourth-order valence-electron chi connectivity index (χ4n) is 5.65. The van der Waals surface area contributed by atoms with E-state index in [4.69, 9.17) is 19.2 Å². The monoisotopic (exact) mass is 605 g/mol. The first-order valence-electron chi connectivity index (χ1n) is 25.6. The number of fused-ring (bicyclic) bond motifs is 4. The Morgan fingerprint density at radius 1 is 0.304 bits per heavy atom. The third kappa shape index (κ3) is 4.38. The maximum absolute atomic E-state index is 9.97. The molecule has 0 aliphatic carbocycles. The van der Waals surface area contributed by atoms with Crippen molar-refractivity contribution in [1.29, 1.82) is 0 Å². The Balaban J connectivity index is 1.57. The van der Waals surface area contributed by atoms with Gasteiger partial charge in [0.15, 0.2) is 0 Å². The van der Waals surface area contributed by atoms with E-state index in [-0.39, 0.29) is 21.9 Å². The van der Waals surface area contributed by atoms with Crippen molar-refractivity contribution in [2.75, 3.05) is 0 Å². The van der Waals surface area contributed by atoms with Crippen molar-refractivity contribution < 1.29 is 31.5 Å². The van der Waals surface area contributed by atoms with Crippen molar-refractivity contribution >= 4 is 43.1 Å². The van der Waals surface area contributed by atoms with Gasteiger partial charge in [-0.25, -0.2) is 0 Å². The molecule has 214 valence electrons. The number of rotatable bonds is 4. The Morgan fingerprint density at radius 3 is 1.74 bits per heavy atom. The molecule has 0 spiro atoms. The number of hydrogen-bond acceptors (Lipinski definition) is 0. The summed E-state index contributed by atoms with van der Waals surface area (Å²) in [6, 6.07) is -7.33. The van der Waals surface area contributed by atoms with Crippen LogP contribution in [-0.4, -0.2) is 0 Å². The highest BCUT2D eigenvalue weighted by molar-refractivity contribution is 6.24. The molecule has 0 heterocycles. The molecule has 0 saturated carbocycles. The Labute approximate surface area is 301 Å². The van der Waals surface area contributed by atoms with E-state index < -0.39 is 194 Å². The molecule has 0 atom stereocenters. The SMILES string of the molecule is [2H]c1c([2H])c([2H])c(-c2c([2H])c([2H])c3c(-c4c([2H])c([2H])c(-c5c([2H])c([2H])c6c([2H])c([2H])c([2H])c([2H])c6c5[2H])c([2H])c4[2H])c4c([2H])c([2H])c([2H])c([2H])c4c(-c4cccc5ccccc45)c3c2[2H])c([2H])c1[2H]. The Hall–Kier alpha value is -5.98. The lowest BCUT2D eigenvalue weighted by Crippen LogP contribution is -1.92. The van der Waals surface area contributed by atoms with Gasteiger partial charge in [0, 0.05) is 0 Å². The van der Waals surface area contributed by atoms with E-state index >= 15 is 0 Å². The maximum Gasteiger partial charge on any atom is 0.0636 e. The average molecular weight is 606 g/mol. The minimum absolute atomic E-state index is 0.132. The summed E-state index contributed by atoms with van der Waals surface area (Å²) >= 11 is 0. The van der Waals surface area contributed by atoms with Crippen LogP contribution in [-0.2, 0) is 0 Å². The van der Waals surface area contributed by atoms with Crippen LogP contribution in [0.25, 0.3) is 87.6 Å². The van der Waals surface area contributed by atoms with Crippen molar-refractivity contribution in [3.05, 3.63) is 181 Å². The first-order valence-corrected chi connectivity index (χ1v) is 14.1. The molecule has 0 N–H and O–H groups in total. The molecular weight excluding hydrogens is 553 g/mol. The van der Waals surface area contributed by atoms with Gasteiger partial charge in [0.25, 0.3) is 0 Å². The van der Waals surface area contributed by atoms with Gasteiger partial charge in [-0.05, 0) is 99.7 Å². The molecule has 46 heavy (non-hydrogen) atoms. The van der Waals surface area contributed by atoms with Crippen molar-refractivity contribution in [3.63, 3.8) is 0 Å². The van der Waals surface area contributed by atoms with Crippen LogP contribution < -0.4 is 0 Å². The smallest absolute Gasteiger partial charge is 0.0622 e. The molecule has 0 aromatic heterocycles. The minimum atomic E-state index is -0.980. The van der Waals surface area contributed by atoms with Crippen LogP contribution in [0.15, 0.2) is 181 Å². The summed E-state index contributed by atoms with van der Waals surface area (Å²) in [6.07, 6.45) is 0. The molecule has 0 bridgehead atoms. The van der Waals surface area contributed by atoms with Crippen LogP contribution in [0.5, 0.6) is 0 Å². The van der Waals surface area contributed by atoms with Gasteiger partial charge in [-0.15, -0.1) is 0 Å². The molecule has 0 aliphatic heterocycles. The Kier molecular flexibility index (Phi) is 2.86. The lowest BCUT2D eigenvalue weighted by atomic mass is 9.83. The molecule has 0 saturated heterocycles. The molecule has 0 fully saturated rings. The highest BCUT2D eigenvalue weighted by Crippen LogP contribution is 2.46.